The van der Waals surface area contributed by atoms with Gasteiger partial charge in [0.2, 0.25) is 0 Å². The number of Topliss-reactive ketones (excluding diaryl/α,β-unsaturated/α-hetero) is 1. The van der Waals surface area contributed by atoms with Crippen LogP contribution in [-0.4, -0.2) is 29.0 Å². The van der Waals surface area contributed by atoms with E-state index in [1.54, 1.807) is 42.5 Å². The highest BCUT2D eigenvalue weighted by molar-refractivity contribution is 6.51. The molecule has 1 aliphatic heterocycles. The number of ether oxygens (including phenoxy) is 1. The number of methoxy groups -OCH3 is 1. The van der Waals surface area contributed by atoms with E-state index in [-0.39, 0.29) is 17.1 Å². The van der Waals surface area contributed by atoms with E-state index in [1.165, 1.54) is 24.1 Å². The van der Waals surface area contributed by atoms with Crippen molar-refractivity contribution in [1.82, 2.24) is 0 Å². The van der Waals surface area contributed by atoms with Crippen LogP contribution in [0.15, 0.2) is 72.3 Å². The first-order chi connectivity index (χ1) is 15.3. The second-order valence-electron chi connectivity index (χ2n) is 7.81. The number of ketones is 1. The van der Waals surface area contributed by atoms with Gasteiger partial charge in [-0.1, -0.05) is 35.9 Å². The second-order valence-corrected chi connectivity index (χ2v) is 7.81. The van der Waals surface area contributed by atoms with Crippen LogP contribution in [0.25, 0.3) is 5.76 Å². The zero-order chi connectivity index (χ0) is 23.0. The molecule has 4 rings (SSSR count). The fourth-order valence-corrected chi connectivity index (χ4v) is 4.04. The fourth-order valence-electron chi connectivity index (χ4n) is 4.04. The van der Waals surface area contributed by atoms with Crippen LogP contribution in [0, 0.1) is 13.8 Å². The molecule has 0 saturated carbocycles. The standard InChI is InChI=1S/C26H23NO5/c1-15-6-4-8-18(12-15)27-23(17-7-5-9-19(28)14-17)22(25(30)26(27)31)24(29)20-13-16(2)10-11-21(20)32-3/h4-14,23,28-29H,1-3H3/b24-22+. The van der Waals surface area contributed by atoms with E-state index in [0.717, 1.165) is 11.1 Å². The number of anilines is 1. The maximum absolute atomic E-state index is 13.2. The van der Waals surface area contributed by atoms with Gasteiger partial charge in [-0.15, -0.1) is 0 Å². The smallest absolute Gasteiger partial charge is 0.300 e. The molecule has 1 aliphatic rings. The number of benzene rings is 3. The largest absolute Gasteiger partial charge is 0.508 e. The van der Waals surface area contributed by atoms with Crippen LogP contribution in [-0.2, 0) is 9.59 Å². The number of rotatable bonds is 4. The average molecular weight is 429 g/mol. The van der Waals surface area contributed by atoms with Crippen molar-refractivity contribution >= 4 is 23.1 Å². The molecule has 1 amide bonds. The van der Waals surface area contributed by atoms with Crippen LogP contribution in [0.3, 0.4) is 0 Å². The Kier molecular flexibility index (Phi) is 5.45. The minimum atomic E-state index is -0.922. The van der Waals surface area contributed by atoms with Crippen molar-refractivity contribution in [3.63, 3.8) is 0 Å². The maximum atomic E-state index is 13.2. The van der Waals surface area contributed by atoms with E-state index in [0.29, 0.717) is 22.6 Å². The van der Waals surface area contributed by atoms with E-state index >= 15 is 0 Å². The molecule has 0 aliphatic carbocycles. The minimum absolute atomic E-state index is 0.00883. The number of carbonyl (C=O) groups excluding carboxylic acids is 2. The molecule has 2 N–H and O–H groups in total. The lowest BCUT2D eigenvalue weighted by Gasteiger charge is -2.26. The van der Waals surface area contributed by atoms with E-state index in [4.69, 9.17) is 4.74 Å². The highest BCUT2D eigenvalue weighted by Gasteiger charge is 2.47. The molecule has 3 aromatic carbocycles. The predicted octanol–water partition coefficient (Wildman–Crippen LogP) is 4.64. The third-order valence-corrected chi connectivity index (χ3v) is 5.52. The highest BCUT2D eigenvalue weighted by atomic mass is 16.5. The number of hydrogen-bond donors (Lipinski definition) is 2. The van der Waals surface area contributed by atoms with Crippen LogP contribution in [0.4, 0.5) is 5.69 Å². The summed E-state index contributed by atoms with van der Waals surface area (Å²) in [6.45, 7) is 3.75. The number of amides is 1. The van der Waals surface area contributed by atoms with Crippen molar-refractivity contribution < 1.29 is 24.5 Å². The number of aliphatic hydroxyl groups is 1. The molecule has 3 aromatic rings. The molecule has 0 radical (unpaired) electrons. The van der Waals surface area contributed by atoms with Crippen molar-refractivity contribution in [2.75, 3.05) is 12.0 Å². The third-order valence-electron chi connectivity index (χ3n) is 5.52. The summed E-state index contributed by atoms with van der Waals surface area (Å²) < 4.78 is 5.39. The number of carbonyl (C=O) groups is 2. The molecular weight excluding hydrogens is 406 g/mol. The van der Waals surface area contributed by atoms with Gasteiger partial charge in [-0.05, 0) is 61.4 Å². The van der Waals surface area contributed by atoms with E-state index in [1.807, 2.05) is 26.0 Å². The normalized spacial score (nSPS) is 17.6. The molecule has 1 saturated heterocycles. The Labute approximate surface area is 186 Å². The van der Waals surface area contributed by atoms with Gasteiger partial charge in [0.25, 0.3) is 11.7 Å². The fraction of sp³-hybridized carbons (Fsp3) is 0.154. The number of aryl methyl sites for hydroxylation is 2. The lowest BCUT2D eigenvalue weighted by atomic mass is 9.94. The molecule has 1 atom stereocenters. The Bertz CT molecular complexity index is 1260. The zero-order valence-electron chi connectivity index (χ0n) is 18.0. The molecule has 6 heteroatoms. The van der Waals surface area contributed by atoms with Crippen molar-refractivity contribution in [3.8, 4) is 11.5 Å². The van der Waals surface area contributed by atoms with E-state index < -0.39 is 17.7 Å². The Morgan fingerprint density at radius 2 is 1.66 bits per heavy atom. The number of phenolic OH excluding ortho intramolecular Hbond substituents is 1. The zero-order valence-corrected chi connectivity index (χ0v) is 18.0. The van der Waals surface area contributed by atoms with Gasteiger partial charge in [-0.2, -0.15) is 0 Å². The lowest BCUT2D eigenvalue weighted by molar-refractivity contribution is -0.132. The predicted molar refractivity (Wildman–Crippen MR) is 122 cm³/mol. The summed E-state index contributed by atoms with van der Waals surface area (Å²) in [5.41, 5.74) is 3.05. The number of hydrogen-bond acceptors (Lipinski definition) is 5. The first kappa shape index (κ1) is 21.2. The summed E-state index contributed by atoms with van der Waals surface area (Å²) in [6, 6.07) is 17.9. The molecule has 0 aromatic heterocycles. The minimum Gasteiger partial charge on any atom is -0.508 e. The highest BCUT2D eigenvalue weighted by Crippen LogP contribution is 2.44. The first-order valence-corrected chi connectivity index (χ1v) is 10.1. The van der Waals surface area contributed by atoms with Crippen molar-refractivity contribution in [2.45, 2.75) is 19.9 Å². The van der Waals surface area contributed by atoms with Crippen molar-refractivity contribution in [1.29, 1.82) is 0 Å². The van der Waals surface area contributed by atoms with Gasteiger partial charge < -0.3 is 14.9 Å². The monoisotopic (exact) mass is 429 g/mol. The Balaban J connectivity index is 2.00. The van der Waals surface area contributed by atoms with Crippen LogP contribution in [0.1, 0.15) is 28.3 Å². The molecule has 32 heavy (non-hydrogen) atoms. The van der Waals surface area contributed by atoms with Gasteiger partial charge in [0.05, 0.1) is 24.3 Å². The van der Waals surface area contributed by atoms with Gasteiger partial charge in [-0.25, -0.2) is 0 Å². The first-order valence-electron chi connectivity index (χ1n) is 10.1. The van der Waals surface area contributed by atoms with Crippen LogP contribution >= 0.6 is 0 Å². The second kappa shape index (κ2) is 8.23. The molecule has 1 fully saturated rings. The number of phenols is 1. The number of aliphatic hydroxyl groups excluding tert-OH is 1. The molecular formula is C26H23NO5. The summed E-state index contributed by atoms with van der Waals surface area (Å²) in [4.78, 5) is 27.8. The molecule has 0 spiro atoms. The molecule has 6 nitrogen and oxygen atoms in total. The average Bonchev–Trinajstić information content (AvgIpc) is 3.04. The van der Waals surface area contributed by atoms with E-state index in [9.17, 15) is 19.8 Å². The summed E-state index contributed by atoms with van der Waals surface area (Å²) in [5.74, 6) is -1.51. The Hall–Kier alpha value is -4.06. The van der Waals surface area contributed by atoms with Gasteiger partial charge in [0, 0.05) is 5.69 Å². The molecule has 1 unspecified atom stereocenters. The summed E-state index contributed by atoms with van der Waals surface area (Å²) in [6.07, 6.45) is 0. The maximum Gasteiger partial charge on any atom is 0.300 e. The topological polar surface area (TPSA) is 87.1 Å². The molecule has 1 heterocycles. The lowest BCUT2D eigenvalue weighted by Crippen LogP contribution is -2.29. The quantitative estimate of drug-likeness (QED) is 0.358. The third kappa shape index (κ3) is 3.60. The van der Waals surface area contributed by atoms with Crippen molar-refractivity contribution in [3.05, 3.63) is 94.6 Å². The summed E-state index contributed by atoms with van der Waals surface area (Å²) in [5, 5.41) is 21.4. The Morgan fingerprint density at radius 1 is 0.938 bits per heavy atom. The summed E-state index contributed by atoms with van der Waals surface area (Å²) >= 11 is 0. The van der Waals surface area contributed by atoms with Crippen LogP contribution in [0.2, 0.25) is 0 Å². The van der Waals surface area contributed by atoms with Crippen LogP contribution < -0.4 is 9.64 Å². The van der Waals surface area contributed by atoms with Gasteiger partial charge >= 0.3 is 0 Å². The van der Waals surface area contributed by atoms with Gasteiger partial charge in [-0.3, -0.25) is 14.5 Å². The SMILES string of the molecule is COc1ccc(C)cc1/C(O)=C1\C(=O)C(=O)N(c2cccc(C)c2)C1c1cccc(O)c1. The molecule has 162 valence electrons. The number of aromatic hydroxyl groups is 1. The van der Waals surface area contributed by atoms with Gasteiger partial charge in [0.1, 0.15) is 17.3 Å². The van der Waals surface area contributed by atoms with Crippen molar-refractivity contribution in [2.24, 2.45) is 0 Å². The summed E-state index contributed by atoms with van der Waals surface area (Å²) in [7, 11) is 1.47. The van der Waals surface area contributed by atoms with Gasteiger partial charge in [0.15, 0.2) is 0 Å². The molecule has 0 bridgehead atoms. The Morgan fingerprint density at radius 3 is 2.34 bits per heavy atom. The van der Waals surface area contributed by atoms with Crippen LogP contribution in [0.5, 0.6) is 11.5 Å². The van der Waals surface area contributed by atoms with E-state index in [2.05, 4.69) is 0 Å². The number of nitrogens with zero attached hydrogens (tertiary/aromatic N) is 1.